The van der Waals surface area contributed by atoms with Crippen molar-refractivity contribution >= 4 is 6.09 Å². The Morgan fingerprint density at radius 2 is 2.25 bits per heavy atom. The largest absolute Gasteiger partial charge is 0.444 e. The van der Waals surface area contributed by atoms with Crippen LogP contribution in [0.4, 0.5) is 4.79 Å². The van der Waals surface area contributed by atoms with Gasteiger partial charge in [0, 0.05) is 19.2 Å². The summed E-state index contributed by atoms with van der Waals surface area (Å²) >= 11 is 0. The zero-order chi connectivity index (χ0) is 11.8. The van der Waals surface area contributed by atoms with Gasteiger partial charge in [-0.15, -0.1) is 0 Å². The number of nitrogens with one attached hydrogen (secondary N) is 2. The second-order valence-electron chi connectivity index (χ2n) is 5.39. The highest BCUT2D eigenvalue weighted by Crippen LogP contribution is 2.22. The Morgan fingerprint density at radius 3 is 2.94 bits per heavy atom. The second-order valence-corrected chi connectivity index (χ2v) is 5.39. The molecule has 0 aromatic rings. The van der Waals surface area contributed by atoms with Crippen molar-refractivity contribution in [2.24, 2.45) is 0 Å². The van der Waals surface area contributed by atoms with Gasteiger partial charge < -0.3 is 20.1 Å². The quantitative estimate of drug-likeness (QED) is 0.691. The lowest BCUT2D eigenvalue weighted by Crippen LogP contribution is -2.45. The molecular formula is C11H20N2O3. The van der Waals surface area contributed by atoms with Gasteiger partial charge >= 0.3 is 6.09 Å². The van der Waals surface area contributed by atoms with Crippen molar-refractivity contribution < 1.29 is 14.3 Å². The molecule has 2 aliphatic heterocycles. The van der Waals surface area contributed by atoms with Gasteiger partial charge in [-0.25, -0.2) is 4.79 Å². The van der Waals surface area contributed by atoms with Crippen molar-refractivity contribution in [3.8, 4) is 0 Å². The Kier molecular flexibility index (Phi) is 3.08. The van der Waals surface area contributed by atoms with E-state index in [0.29, 0.717) is 6.04 Å². The number of rotatable bonds is 1. The van der Waals surface area contributed by atoms with Crippen LogP contribution < -0.4 is 10.6 Å². The molecule has 2 rings (SSSR count). The molecule has 0 aliphatic carbocycles. The normalized spacial score (nSPS) is 33.6. The van der Waals surface area contributed by atoms with Crippen LogP contribution in [-0.2, 0) is 9.47 Å². The Labute approximate surface area is 95.9 Å². The van der Waals surface area contributed by atoms with Gasteiger partial charge in [0.25, 0.3) is 0 Å². The van der Waals surface area contributed by atoms with Crippen LogP contribution in [0.5, 0.6) is 0 Å². The third-order valence-corrected chi connectivity index (χ3v) is 2.83. The molecule has 2 aliphatic rings. The van der Waals surface area contributed by atoms with Crippen LogP contribution in [0.15, 0.2) is 0 Å². The highest BCUT2D eigenvalue weighted by molar-refractivity contribution is 5.68. The fourth-order valence-electron chi connectivity index (χ4n) is 2.21. The molecule has 5 heteroatoms. The minimum atomic E-state index is -0.452. The maximum Gasteiger partial charge on any atom is 0.408 e. The SMILES string of the molecule is CC(C)(C)OC(=O)NC1CNC2CCOC21. The number of hydrogen-bond acceptors (Lipinski definition) is 4. The third kappa shape index (κ3) is 2.65. The first-order valence-electron chi connectivity index (χ1n) is 5.80. The van der Waals surface area contributed by atoms with Crippen LogP contribution >= 0.6 is 0 Å². The molecule has 0 spiro atoms. The number of carbonyl (C=O) groups excluding carboxylic acids is 1. The summed E-state index contributed by atoms with van der Waals surface area (Å²) in [7, 11) is 0. The molecule has 2 fully saturated rings. The molecule has 0 aromatic heterocycles. The van der Waals surface area contributed by atoms with E-state index < -0.39 is 5.60 Å². The number of amides is 1. The number of fused-ring (bicyclic) bond motifs is 1. The highest BCUT2D eigenvalue weighted by Gasteiger charge is 2.41. The Hall–Kier alpha value is -0.810. The van der Waals surface area contributed by atoms with Crippen molar-refractivity contribution in [3.63, 3.8) is 0 Å². The molecule has 92 valence electrons. The minimum Gasteiger partial charge on any atom is -0.444 e. The minimum absolute atomic E-state index is 0.0300. The maximum absolute atomic E-state index is 11.6. The summed E-state index contributed by atoms with van der Waals surface area (Å²) in [5, 5.41) is 6.20. The van der Waals surface area contributed by atoms with Gasteiger partial charge in [-0.2, -0.15) is 0 Å². The average molecular weight is 228 g/mol. The van der Waals surface area contributed by atoms with Crippen molar-refractivity contribution in [3.05, 3.63) is 0 Å². The Balaban J connectivity index is 1.83. The van der Waals surface area contributed by atoms with Crippen LogP contribution in [-0.4, -0.2) is 43.0 Å². The fourth-order valence-corrected chi connectivity index (χ4v) is 2.21. The first-order valence-corrected chi connectivity index (χ1v) is 5.80. The summed E-state index contributed by atoms with van der Waals surface area (Å²) in [6.07, 6.45) is 0.764. The Bertz CT molecular complexity index is 275. The number of hydrogen-bond donors (Lipinski definition) is 2. The van der Waals surface area contributed by atoms with Gasteiger partial charge in [0.1, 0.15) is 5.60 Å². The van der Waals surface area contributed by atoms with Gasteiger partial charge in [0.15, 0.2) is 0 Å². The first kappa shape index (κ1) is 11.7. The Morgan fingerprint density at radius 1 is 1.50 bits per heavy atom. The number of carbonyl (C=O) groups is 1. The van der Waals surface area contributed by atoms with Crippen molar-refractivity contribution in [1.29, 1.82) is 0 Å². The monoisotopic (exact) mass is 228 g/mol. The van der Waals surface area contributed by atoms with Crippen LogP contribution in [0.25, 0.3) is 0 Å². The molecule has 2 saturated heterocycles. The van der Waals surface area contributed by atoms with Gasteiger partial charge in [-0.1, -0.05) is 0 Å². The summed E-state index contributed by atoms with van der Waals surface area (Å²) in [6, 6.07) is 0.419. The lowest BCUT2D eigenvalue weighted by atomic mass is 10.1. The van der Waals surface area contributed by atoms with E-state index in [9.17, 15) is 4.79 Å². The fraction of sp³-hybridized carbons (Fsp3) is 0.909. The standard InChI is InChI=1S/C11H20N2O3/c1-11(2,3)16-10(14)13-8-6-12-7-4-5-15-9(7)8/h7-9,12H,4-6H2,1-3H3,(H,13,14). The molecule has 3 unspecified atom stereocenters. The van der Waals surface area contributed by atoms with Crippen LogP contribution in [0.3, 0.4) is 0 Å². The summed E-state index contributed by atoms with van der Waals surface area (Å²) in [4.78, 5) is 11.6. The smallest absolute Gasteiger partial charge is 0.408 e. The molecule has 3 atom stereocenters. The molecule has 0 aromatic carbocycles. The third-order valence-electron chi connectivity index (χ3n) is 2.83. The summed E-state index contributed by atoms with van der Waals surface area (Å²) < 4.78 is 10.8. The van der Waals surface area contributed by atoms with Gasteiger partial charge in [0.2, 0.25) is 0 Å². The van der Waals surface area contributed by atoms with Gasteiger partial charge in [0.05, 0.1) is 12.1 Å². The van der Waals surface area contributed by atoms with Crippen LogP contribution in [0, 0.1) is 0 Å². The second kappa shape index (κ2) is 4.22. The van der Waals surface area contributed by atoms with Gasteiger partial charge in [-0.3, -0.25) is 0 Å². The number of ether oxygens (including phenoxy) is 2. The van der Waals surface area contributed by atoms with Gasteiger partial charge in [-0.05, 0) is 27.2 Å². The molecule has 2 heterocycles. The van der Waals surface area contributed by atoms with E-state index in [1.807, 2.05) is 20.8 Å². The highest BCUT2D eigenvalue weighted by atomic mass is 16.6. The van der Waals surface area contributed by atoms with Crippen molar-refractivity contribution in [1.82, 2.24) is 10.6 Å². The van der Waals surface area contributed by atoms with E-state index in [2.05, 4.69) is 10.6 Å². The maximum atomic E-state index is 11.6. The molecule has 0 saturated carbocycles. The summed E-state index contributed by atoms with van der Waals surface area (Å²) in [6.45, 7) is 7.10. The van der Waals surface area contributed by atoms with Crippen molar-refractivity contribution in [2.75, 3.05) is 13.2 Å². The number of alkyl carbamates (subject to hydrolysis) is 1. The van der Waals surface area contributed by atoms with E-state index in [0.717, 1.165) is 19.6 Å². The van der Waals surface area contributed by atoms with Crippen LogP contribution in [0.2, 0.25) is 0 Å². The molecule has 0 bridgehead atoms. The van der Waals surface area contributed by atoms with E-state index in [4.69, 9.17) is 9.47 Å². The predicted octanol–water partition coefficient (Wildman–Crippen LogP) is 0.640. The first-order chi connectivity index (χ1) is 7.46. The van der Waals surface area contributed by atoms with E-state index in [1.54, 1.807) is 0 Å². The van der Waals surface area contributed by atoms with E-state index >= 15 is 0 Å². The average Bonchev–Trinajstić information content (AvgIpc) is 2.66. The van der Waals surface area contributed by atoms with Crippen LogP contribution in [0.1, 0.15) is 27.2 Å². The molecule has 16 heavy (non-hydrogen) atoms. The zero-order valence-electron chi connectivity index (χ0n) is 10.1. The molecular weight excluding hydrogens is 208 g/mol. The molecule has 1 amide bonds. The topological polar surface area (TPSA) is 59.6 Å². The van der Waals surface area contributed by atoms with E-state index in [-0.39, 0.29) is 18.2 Å². The zero-order valence-corrected chi connectivity index (χ0v) is 10.1. The lowest BCUT2D eigenvalue weighted by Gasteiger charge is -2.23. The summed E-state index contributed by atoms with van der Waals surface area (Å²) in [5.74, 6) is 0. The summed E-state index contributed by atoms with van der Waals surface area (Å²) in [5.41, 5.74) is -0.452. The van der Waals surface area contributed by atoms with Crippen molar-refractivity contribution in [2.45, 2.75) is 51.0 Å². The molecule has 2 N–H and O–H groups in total. The predicted molar refractivity (Wildman–Crippen MR) is 59.3 cm³/mol. The van der Waals surface area contributed by atoms with E-state index in [1.165, 1.54) is 0 Å². The molecule has 5 nitrogen and oxygen atoms in total. The lowest BCUT2D eigenvalue weighted by molar-refractivity contribution is 0.0409. The molecule has 0 radical (unpaired) electrons.